The van der Waals surface area contributed by atoms with Crippen LogP contribution in [-0.4, -0.2) is 0 Å². The Labute approximate surface area is 266 Å². The lowest BCUT2D eigenvalue weighted by Crippen LogP contribution is -2.11. The van der Waals surface area contributed by atoms with Crippen LogP contribution in [-0.2, 0) is 5.41 Å². The van der Waals surface area contributed by atoms with Crippen molar-refractivity contribution in [2.75, 3.05) is 4.90 Å². The van der Waals surface area contributed by atoms with Gasteiger partial charge in [-0.15, -0.1) is 0 Å². The third-order valence-electron chi connectivity index (χ3n) is 9.48. The van der Waals surface area contributed by atoms with Crippen LogP contribution in [0.3, 0.4) is 0 Å². The summed E-state index contributed by atoms with van der Waals surface area (Å²) >= 11 is 0. The monoisotopic (exact) mass is 579 g/mol. The molecule has 0 aromatic heterocycles. The van der Waals surface area contributed by atoms with E-state index >= 15 is 0 Å². The van der Waals surface area contributed by atoms with E-state index in [9.17, 15) is 0 Å². The molecule has 0 unspecified atom stereocenters. The van der Waals surface area contributed by atoms with Crippen molar-refractivity contribution in [3.63, 3.8) is 0 Å². The Morgan fingerprint density at radius 1 is 0.444 bits per heavy atom. The number of rotatable bonds is 4. The summed E-state index contributed by atoms with van der Waals surface area (Å²) < 4.78 is 0. The molecule has 0 atom stereocenters. The number of hydrogen-bond acceptors (Lipinski definition) is 1. The Morgan fingerprint density at radius 2 is 1.02 bits per heavy atom. The summed E-state index contributed by atoms with van der Waals surface area (Å²) in [5.74, 6) is 0. The van der Waals surface area contributed by atoms with E-state index in [0.29, 0.717) is 0 Å². The fraction of sp³-hybridized carbons (Fsp3) is 0.136. The lowest BCUT2D eigenvalue weighted by Gasteiger charge is -2.29. The molecule has 218 valence electrons. The molecule has 1 aliphatic rings. The number of nitrogens with zero attached hydrogens (tertiary/aromatic N) is 1. The summed E-state index contributed by atoms with van der Waals surface area (Å²) in [6, 6.07) is 49.8. The van der Waals surface area contributed by atoms with Crippen molar-refractivity contribution in [1.82, 2.24) is 0 Å². The van der Waals surface area contributed by atoms with Crippen LogP contribution >= 0.6 is 0 Å². The van der Waals surface area contributed by atoms with Crippen molar-refractivity contribution in [3.8, 4) is 33.4 Å². The molecule has 0 bridgehead atoms. The fourth-order valence-corrected chi connectivity index (χ4v) is 6.86. The topological polar surface area (TPSA) is 3.24 Å². The number of aryl methyl sites for hydroxylation is 2. The molecule has 1 nitrogen and oxygen atoms in total. The molecule has 0 radical (unpaired) electrons. The number of anilines is 3. The molecule has 0 spiro atoms. The first-order chi connectivity index (χ1) is 21.7. The third-order valence-corrected chi connectivity index (χ3v) is 9.48. The SMILES string of the molecule is Cc1ccc(C)c(N(c2ccccc2)c2ccc3cc4c(cc3c2)-c2cc3ccc(-c5ccc(C(C)(C)C)cc5)cc3cc2-4)c1. The lowest BCUT2D eigenvalue weighted by atomic mass is 9.77. The molecule has 0 N–H and O–H groups in total. The first-order valence-corrected chi connectivity index (χ1v) is 15.9. The highest BCUT2D eigenvalue weighted by molar-refractivity contribution is 6.12. The molecule has 7 aromatic rings. The maximum atomic E-state index is 2.39. The molecule has 0 saturated carbocycles. The smallest absolute Gasteiger partial charge is 0.0493 e. The quantitative estimate of drug-likeness (QED) is 0.200. The summed E-state index contributed by atoms with van der Waals surface area (Å²) in [7, 11) is 0. The van der Waals surface area contributed by atoms with Gasteiger partial charge in [0.2, 0.25) is 0 Å². The van der Waals surface area contributed by atoms with Gasteiger partial charge >= 0.3 is 0 Å². The largest absolute Gasteiger partial charge is 0.310 e. The minimum Gasteiger partial charge on any atom is -0.310 e. The van der Waals surface area contributed by atoms with E-state index in [1.807, 2.05) is 0 Å². The Bertz CT molecular complexity index is 2250. The van der Waals surface area contributed by atoms with Gasteiger partial charge < -0.3 is 4.90 Å². The van der Waals surface area contributed by atoms with Gasteiger partial charge in [-0.25, -0.2) is 0 Å². The Balaban J connectivity index is 1.18. The van der Waals surface area contributed by atoms with E-state index in [2.05, 4.69) is 173 Å². The first-order valence-electron chi connectivity index (χ1n) is 15.9. The average Bonchev–Trinajstić information content (AvgIpc) is 3.05. The van der Waals surface area contributed by atoms with E-state index in [4.69, 9.17) is 0 Å². The van der Waals surface area contributed by atoms with Crippen molar-refractivity contribution < 1.29 is 0 Å². The van der Waals surface area contributed by atoms with Crippen molar-refractivity contribution in [1.29, 1.82) is 0 Å². The van der Waals surface area contributed by atoms with E-state index in [-0.39, 0.29) is 5.41 Å². The van der Waals surface area contributed by atoms with Gasteiger partial charge in [-0.1, -0.05) is 93.6 Å². The zero-order valence-corrected chi connectivity index (χ0v) is 26.6. The van der Waals surface area contributed by atoms with Crippen LogP contribution in [0.1, 0.15) is 37.5 Å². The van der Waals surface area contributed by atoms with E-state index < -0.39 is 0 Å². The standard InChI is InChI=1S/C44H37N/c1-28-11-12-29(2)43(21-28)45(37-9-7-6-8-10-37)38-20-17-33-25-40-41-26-34-22-31(30-15-18-36(19-16-30)44(3,4)5)13-14-32(34)24-39(41)42(40)27-35(33)23-38/h6-27H,1-5H3. The van der Waals surface area contributed by atoms with E-state index in [1.165, 1.54) is 83.0 Å². The number of fused-ring (bicyclic) bond motifs is 6. The molecule has 0 fully saturated rings. The van der Waals surface area contributed by atoms with Crippen molar-refractivity contribution >= 4 is 38.6 Å². The summed E-state index contributed by atoms with van der Waals surface area (Å²) in [4.78, 5) is 2.39. The second-order valence-corrected chi connectivity index (χ2v) is 13.7. The van der Waals surface area contributed by atoms with Crippen LogP contribution in [0.25, 0.3) is 54.9 Å². The maximum Gasteiger partial charge on any atom is 0.0493 e. The Hall–Kier alpha value is -5.14. The zero-order chi connectivity index (χ0) is 30.9. The van der Waals surface area contributed by atoms with Crippen LogP contribution < -0.4 is 4.90 Å². The molecule has 8 rings (SSSR count). The van der Waals surface area contributed by atoms with Crippen LogP contribution in [0.2, 0.25) is 0 Å². The molecule has 0 aliphatic heterocycles. The maximum absolute atomic E-state index is 2.39. The highest BCUT2D eigenvalue weighted by Gasteiger charge is 2.24. The number of para-hydroxylation sites is 1. The predicted molar refractivity (Wildman–Crippen MR) is 194 cm³/mol. The summed E-state index contributed by atoms with van der Waals surface area (Å²) in [5, 5.41) is 5.11. The van der Waals surface area contributed by atoms with Gasteiger partial charge in [0.25, 0.3) is 0 Å². The fourth-order valence-electron chi connectivity index (χ4n) is 6.86. The van der Waals surface area contributed by atoms with Gasteiger partial charge in [0.05, 0.1) is 0 Å². The highest BCUT2D eigenvalue weighted by Crippen LogP contribution is 2.51. The van der Waals surface area contributed by atoms with Gasteiger partial charge in [-0.05, 0) is 152 Å². The molecule has 1 aliphatic carbocycles. The summed E-state index contributed by atoms with van der Waals surface area (Å²) in [5.41, 5.74) is 15.5. The Kier molecular flexibility index (Phi) is 6.22. The van der Waals surface area contributed by atoms with Gasteiger partial charge in [0.15, 0.2) is 0 Å². The highest BCUT2D eigenvalue weighted by atomic mass is 15.1. The van der Waals surface area contributed by atoms with Crippen LogP contribution in [0, 0.1) is 13.8 Å². The molecule has 1 heteroatoms. The Morgan fingerprint density at radius 3 is 1.67 bits per heavy atom. The number of benzene rings is 7. The molecular weight excluding hydrogens is 542 g/mol. The summed E-state index contributed by atoms with van der Waals surface area (Å²) in [6.07, 6.45) is 0. The van der Waals surface area contributed by atoms with Gasteiger partial charge in [-0.3, -0.25) is 0 Å². The van der Waals surface area contributed by atoms with Crippen molar-refractivity contribution in [2.24, 2.45) is 0 Å². The van der Waals surface area contributed by atoms with Gasteiger partial charge in [-0.2, -0.15) is 0 Å². The van der Waals surface area contributed by atoms with Crippen LogP contribution in [0.4, 0.5) is 17.1 Å². The minimum atomic E-state index is 0.157. The van der Waals surface area contributed by atoms with Crippen molar-refractivity contribution in [2.45, 2.75) is 40.0 Å². The second kappa shape index (κ2) is 10.2. The zero-order valence-electron chi connectivity index (χ0n) is 26.6. The first kappa shape index (κ1) is 27.4. The lowest BCUT2D eigenvalue weighted by molar-refractivity contribution is 0.590. The minimum absolute atomic E-state index is 0.157. The molecule has 0 amide bonds. The van der Waals surface area contributed by atoms with Crippen molar-refractivity contribution in [3.05, 3.63) is 150 Å². The van der Waals surface area contributed by atoms with Gasteiger partial charge in [0.1, 0.15) is 0 Å². The summed E-state index contributed by atoms with van der Waals surface area (Å²) in [6.45, 7) is 11.2. The molecule has 0 saturated heterocycles. The predicted octanol–water partition coefficient (Wildman–Crippen LogP) is 12.7. The van der Waals surface area contributed by atoms with E-state index in [1.54, 1.807) is 0 Å². The third kappa shape index (κ3) is 4.71. The second-order valence-electron chi connectivity index (χ2n) is 13.7. The van der Waals surface area contributed by atoms with E-state index in [0.717, 1.165) is 5.69 Å². The molecule has 7 aromatic carbocycles. The average molecular weight is 580 g/mol. The molecule has 0 heterocycles. The van der Waals surface area contributed by atoms with Crippen LogP contribution in [0.15, 0.2) is 133 Å². The van der Waals surface area contributed by atoms with Crippen LogP contribution in [0.5, 0.6) is 0 Å². The normalized spacial score (nSPS) is 12.1. The van der Waals surface area contributed by atoms with Gasteiger partial charge in [0, 0.05) is 17.1 Å². The molecule has 45 heavy (non-hydrogen) atoms. The molecular formula is C44H37N. The number of hydrogen-bond donors (Lipinski definition) is 0.